The Morgan fingerprint density at radius 3 is 2.12 bits per heavy atom. The van der Waals surface area contributed by atoms with Crippen LogP contribution in [-0.2, 0) is 6.42 Å². The van der Waals surface area contributed by atoms with Gasteiger partial charge in [0.25, 0.3) is 0 Å². The van der Waals surface area contributed by atoms with E-state index in [4.69, 9.17) is 0 Å². The lowest BCUT2D eigenvalue weighted by Gasteiger charge is -2.20. The normalized spacial score (nSPS) is 12.6. The minimum atomic E-state index is 0.132. The summed E-state index contributed by atoms with van der Waals surface area (Å²) in [7, 11) is 0. The van der Waals surface area contributed by atoms with Crippen LogP contribution in [0.4, 0.5) is 0 Å². The van der Waals surface area contributed by atoms with Crippen molar-refractivity contribution < 1.29 is 5.11 Å². The lowest BCUT2D eigenvalue weighted by molar-refractivity contribution is 0.224. The van der Waals surface area contributed by atoms with E-state index >= 15 is 0 Å². The van der Waals surface area contributed by atoms with Crippen LogP contribution in [0.3, 0.4) is 0 Å². The van der Waals surface area contributed by atoms with Gasteiger partial charge in [-0.25, -0.2) is 0 Å². The van der Waals surface area contributed by atoms with Crippen LogP contribution in [0.25, 0.3) is 0 Å². The molecule has 0 spiro atoms. The number of aliphatic hydroxyl groups excluding tert-OH is 1. The van der Waals surface area contributed by atoms with Crippen LogP contribution in [0, 0.1) is 13.8 Å². The molecule has 0 aliphatic carbocycles. The summed E-state index contributed by atoms with van der Waals surface area (Å²) >= 11 is 0. The van der Waals surface area contributed by atoms with Gasteiger partial charge in [-0.1, -0.05) is 30.3 Å². The van der Waals surface area contributed by atoms with Gasteiger partial charge in [0, 0.05) is 11.4 Å². The van der Waals surface area contributed by atoms with Crippen molar-refractivity contribution in [1.29, 1.82) is 0 Å². The van der Waals surface area contributed by atoms with Crippen LogP contribution in [0.15, 0.2) is 42.5 Å². The van der Waals surface area contributed by atoms with E-state index in [2.05, 4.69) is 42.7 Å². The third-order valence-electron chi connectivity index (χ3n) is 3.22. The lowest BCUT2D eigenvalue weighted by Crippen LogP contribution is -2.18. The number of aryl methyl sites for hydroxylation is 2. The maximum Gasteiger partial charge on any atom is 0.0642 e. The van der Waals surface area contributed by atoms with Gasteiger partial charge in [-0.3, -0.25) is 0 Å². The van der Waals surface area contributed by atoms with Crippen molar-refractivity contribution in [1.82, 2.24) is 4.57 Å². The van der Waals surface area contributed by atoms with Gasteiger partial charge in [0.05, 0.1) is 12.6 Å². The van der Waals surface area contributed by atoms with Crippen LogP contribution >= 0.6 is 0 Å². The Bertz CT molecular complexity index is 453. The van der Waals surface area contributed by atoms with Gasteiger partial charge < -0.3 is 9.67 Å². The quantitative estimate of drug-likeness (QED) is 0.856. The molecule has 1 atom stereocenters. The van der Waals surface area contributed by atoms with Crippen molar-refractivity contribution in [3.05, 3.63) is 59.4 Å². The maximum absolute atomic E-state index is 9.59. The van der Waals surface area contributed by atoms with Gasteiger partial charge in [-0.2, -0.15) is 0 Å². The van der Waals surface area contributed by atoms with E-state index < -0.39 is 0 Å². The van der Waals surface area contributed by atoms with Crippen molar-refractivity contribution in [3.63, 3.8) is 0 Å². The molecule has 2 nitrogen and oxygen atoms in total. The summed E-state index contributed by atoms with van der Waals surface area (Å²) in [6.07, 6.45) is 0.869. The molecule has 2 aromatic rings. The summed E-state index contributed by atoms with van der Waals surface area (Å²) < 4.78 is 2.22. The van der Waals surface area contributed by atoms with E-state index in [1.54, 1.807) is 0 Å². The first-order valence-corrected chi connectivity index (χ1v) is 6.01. The molecule has 0 radical (unpaired) electrons. The highest BCUT2D eigenvalue weighted by Crippen LogP contribution is 2.19. The molecule has 0 saturated carbocycles. The molecule has 0 aliphatic rings. The number of hydrogen-bond donors (Lipinski definition) is 1. The molecule has 0 fully saturated rings. The van der Waals surface area contributed by atoms with Crippen LogP contribution in [0.5, 0.6) is 0 Å². The van der Waals surface area contributed by atoms with E-state index in [0.29, 0.717) is 0 Å². The Kier molecular flexibility index (Phi) is 3.64. The first kappa shape index (κ1) is 11.9. The Balaban J connectivity index is 2.23. The maximum atomic E-state index is 9.59. The second-order valence-electron chi connectivity index (χ2n) is 4.51. The number of aliphatic hydroxyl groups is 1. The van der Waals surface area contributed by atoms with E-state index in [9.17, 15) is 5.11 Å². The summed E-state index contributed by atoms with van der Waals surface area (Å²) in [5.41, 5.74) is 3.68. The van der Waals surface area contributed by atoms with Gasteiger partial charge >= 0.3 is 0 Å². The summed E-state index contributed by atoms with van der Waals surface area (Å²) in [4.78, 5) is 0. The number of benzene rings is 1. The molecule has 0 amide bonds. The molecule has 0 bridgehead atoms. The fourth-order valence-electron chi connectivity index (χ4n) is 2.38. The van der Waals surface area contributed by atoms with Gasteiger partial charge in [-0.05, 0) is 38.0 Å². The topological polar surface area (TPSA) is 25.2 Å². The molecule has 1 N–H and O–H groups in total. The molecule has 0 aliphatic heterocycles. The summed E-state index contributed by atoms with van der Waals surface area (Å²) in [6, 6.07) is 14.6. The monoisotopic (exact) mass is 229 g/mol. The molecule has 1 aromatic carbocycles. The molecular weight excluding hydrogens is 210 g/mol. The Morgan fingerprint density at radius 1 is 1.00 bits per heavy atom. The SMILES string of the molecule is Cc1ccc(C)n1[C@H](CO)Cc1ccccc1. The predicted octanol–water partition coefficient (Wildman–Crippen LogP) is 2.88. The smallest absolute Gasteiger partial charge is 0.0642 e. The molecular formula is C15H19NO. The van der Waals surface area contributed by atoms with Crippen LogP contribution in [0.1, 0.15) is 23.0 Å². The predicted molar refractivity (Wildman–Crippen MR) is 70.2 cm³/mol. The largest absolute Gasteiger partial charge is 0.394 e. The van der Waals surface area contributed by atoms with E-state index in [1.807, 2.05) is 18.2 Å². The average Bonchev–Trinajstić information content (AvgIpc) is 2.68. The van der Waals surface area contributed by atoms with Crippen molar-refractivity contribution in [2.45, 2.75) is 26.3 Å². The molecule has 17 heavy (non-hydrogen) atoms. The highest BCUT2D eigenvalue weighted by Gasteiger charge is 2.13. The Hall–Kier alpha value is -1.54. The number of rotatable bonds is 4. The van der Waals surface area contributed by atoms with Crippen LogP contribution < -0.4 is 0 Å². The minimum Gasteiger partial charge on any atom is -0.394 e. The molecule has 2 heteroatoms. The fraction of sp³-hybridized carbons (Fsp3) is 0.333. The number of nitrogens with zero attached hydrogens (tertiary/aromatic N) is 1. The standard InChI is InChI=1S/C15H19NO/c1-12-8-9-13(2)16(12)15(11-17)10-14-6-4-3-5-7-14/h3-9,15,17H,10-11H2,1-2H3/t15-/m0/s1. The Labute approximate surface area is 103 Å². The Morgan fingerprint density at radius 2 is 1.59 bits per heavy atom. The van der Waals surface area contributed by atoms with Crippen molar-refractivity contribution in [2.24, 2.45) is 0 Å². The molecule has 2 rings (SSSR count). The molecule has 90 valence electrons. The average molecular weight is 229 g/mol. The zero-order chi connectivity index (χ0) is 12.3. The first-order chi connectivity index (χ1) is 8.22. The highest BCUT2D eigenvalue weighted by molar-refractivity contribution is 5.19. The van der Waals surface area contributed by atoms with Crippen molar-refractivity contribution >= 4 is 0 Å². The summed E-state index contributed by atoms with van der Waals surface area (Å²) in [6.45, 7) is 4.34. The van der Waals surface area contributed by atoms with Gasteiger partial charge in [0.15, 0.2) is 0 Å². The second kappa shape index (κ2) is 5.19. The van der Waals surface area contributed by atoms with E-state index in [1.165, 1.54) is 17.0 Å². The molecule has 0 unspecified atom stereocenters. The van der Waals surface area contributed by atoms with Crippen molar-refractivity contribution in [3.8, 4) is 0 Å². The third kappa shape index (κ3) is 2.59. The van der Waals surface area contributed by atoms with Gasteiger partial charge in [0.2, 0.25) is 0 Å². The van der Waals surface area contributed by atoms with E-state index in [-0.39, 0.29) is 12.6 Å². The van der Waals surface area contributed by atoms with Crippen molar-refractivity contribution in [2.75, 3.05) is 6.61 Å². The fourth-order valence-corrected chi connectivity index (χ4v) is 2.38. The molecule has 0 saturated heterocycles. The van der Waals surface area contributed by atoms with Crippen LogP contribution in [-0.4, -0.2) is 16.3 Å². The molecule has 1 aromatic heterocycles. The summed E-state index contributed by atoms with van der Waals surface area (Å²) in [5, 5.41) is 9.59. The van der Waals surface area contributed by atoms with E-state index in [0.717, 1.165) is 6.42 Å². The van der Waals surface area contributed by atoms with Crippen LogP contribution in [0.2, 0.25) is 0 Å². The third-order valence-corrected chi connectivity index (χ3v) is 3.22. The number of aromatic nitrogens is 1. The highest BCUT2D eigenvalue weighted by atomic mass is 16.3. The minimum absolute atomic E-state index is 0.132. The summed E-state index contributed by atoms with van der Waals surface area (Å²) in [5.74, 6) is 0. The lowest BCUT2D eigenvalue weighted by atomic mass is 10.1. The second-order valence-corrected chi connectivity index (χ2v) is 4.51. The zero-order valence-electron chi connectivity index (χ0n) is 10.4. The molecule has 1 heterocycles. The first-order valence-electron chi connectivity index (χ1n) is 6.01. The number of hydrogen-bond acceptors (Lipinski definition) is 1. The zero-order valence-corrected chi connectivity index (χ0v) is 10.4. The van der Waals surface area contributed by atoms with Gasteiger partial charge in [-0.15, -0.1) is 0 Å². The van der Waals surface area contributed by atoms with Gasteiger partial charge in [0.1, 0.15) is 0 Å².